The van der Waals surface area contributed by atoms with Crippen molar-refractivity contribution >= 4 is 16.9 Å². The first-order valence-electron chi connectivity index (χ1n) is 10.6. The Morgan fingerprint density at radius 2 is 1.90 bits per heavy atom. The fourth-order valence-corrected chi connectivity index (χ4v) is 4.93. The van der Waals surface area contributed by atoms with E-state index < -0.39 is 5.97 Å². The number of carboxylic acids is 1. The Balaban J connectivity index is 1.81. The van der Waals surface area contributed by atoms with Crippen LogP contribution in [0.5, 0.6) is 0 Å². The number of aromatic amines is 1. The van der Waals surface area contributed by atoms with Crippen molar-refractivity contribution in [1.82, 2.24) is 14.5 Å². The molecule has 0 atom stereocenters. The number of rotatable bonds is 5. The van der Waals surface area contributed by atoms with E-state index >= 15 is 0 Å². The Morgan fingerprint density at radius 1 is 1.10 bits per heavy atom. The average molecular weight is 399 g/mol. The molecule has 0 saturated heterocycles. The van der Waals surface area contributed by atoms with Gasteiger partial charge in [0.25, 0.3) is 0 Å². The summed E-state index contributed by atoms with van der Waals surface area (Å²) in [6, 6.07) is 16.1. The predicted octanol–water partition coefficient (Wildman–Crippen LogP) is 5.83. The highest BCUT2D eigenvalue weighted by Gasteiger charge is 2.27. The number of fused-ring (bicyclic) bond motifs is 1. The summed E-state index contributed by atoms with van der Waals surface area (Å²) in [6.07, 6.45) is 9.69. The highest BCUT2D eigenvalue weighted by Crippen LogP contribution is 2.44. The minimum atomic E-state index is -0.897. The van der Waals surface area contributed by atoms with Crippen molar-refractivity contribution in [2.24, 2.45) is 0 Å². The van der Waals surface area contributed by atoms with Gasteiger partial charge in [-0.05, 0) is 42.0 Å². The van der Waals surface area contributed by atoms with Crippen LogP contribution in [0.25, 0.3) is 22.2 Å². The van der Waals surface area contributed by atoms with E-state index in [0.29, 0.717) is 18.0 Å². The van der Waals surface area contributed by atoms with Crippen molar-refractivity contribution in [1.29, 1.82) is 0 Å². The highest BCUT2D eigenvalue weighted by atomic mass is 16.4. The molecule has 0 spiro atoms. The van der Waals surface area contributed by atoms with Crippen molar-refractivity contribution in [2.75, 3.05) is 0 Å². The molecule has 2 aromatic carbocycles. The van der Waals surface area contributed by atoms with Crippen molar-refractivity contribution in [2.45, 2.75) is 44.6 Å². The van der Waals surface area contributed by atoms with Crippen LogP contribution < -0.4 is 0 Å². The third kappa shape index (κ3) is 3.30. The SMILES string of the molecule is O=C(O)c1ccc2c(C3CCCCC3)c(-c3ccccc3)n(Cc3cnc[nH]3)c2c1. The lowest BCUT2D eigenvalue weighted by Gasteiger charge is -2.23. The molecule has 5 nitrogen and oxygen atoms in total. The molecule has 0 bridgehead atoms. The second-order valence-corrected chi connectivity index (χ2v) is 8.16. The molecule has 2 heterocycles. The highest BCUT2D eigenvalue weighted by molar-refractivity contribution is 5.98. The van der Waals surface area contributed by atoms with E-state index in [2.05, 4.69) is 38.8 Å². The number of aromatic carboxylic acids is 1. The molecule has 0 amide bonds. The van der Waals surface area contributed by atoms with Crippen LogP contribution in [0.3, 0.4) is 0 Å². The van der Waals surface area contributed by atoms with Crippen LogP contribution in [-0.2, 0) is 6.54 Å². The molecule has 1 aliphatic carbocycles. The molecule has 2 N–H and O–H groups in total. The Hall–Kier alpha value is -3.34. The van der Waals surface area contributed by atoms with E-state index in [1.54, 1.807) is 12.4 Å². The van der Waals surface area contributed by atoms with Crippen molar-refractivity contribution < 1.29 is 9.90 Å². The molecule has 5 heteroatoms. The van der Waals surface area contributed by atoms with Crippen LogP contribution >= 0.6 is 0 Å². The van der Waals surface area contributed by atoms with E-state index in [0.717, 1.165) is 11.2 Å². The molecule has 0 unspecified atom stereocenters. The average Bonchev–Trinajstić information content (AvgIpc) is 3.41. The van der Waals surface area contributed by atoms with Gasteiger partial charge in [0.1, 0.15) is 0 Å². The third-order valence-corrected chi connectivity index (χ3v) is 6.29. The second kappa shape index (κ2) is 7.82. The van der Waals surface area contributed by atoms with Gasteiger partial charge in [0.05, 0.1) is 35.3 Å². The van der Waals surface area contributed by atoms with Gasteiger partial charge in [-0.25, -0.2) is 9.78 Å². The van der Waals surface area contributed by atoms with E-state index in [1.165, 1.54) is 54.3 Å². The summed E-state index contributed by atoms with van der Waals surface area (Å²) in [5.41, 5.74) is 6.04. The monoisotopic (exact) mass is 399 g/mol. The number of hydrogen-bond acceptors (Lipinski definition) is 2. The summed E-state index contributed by atoms with van der Waals surface area (Å²) in [5, 5.41) is 10.8. The summed E-state index contributed by atoms with van der Waals surface area (Å²) in [4.78, 5) is 19.1. The molecule has 2 aromatic heterocycles. The summed E-state index contributed by atoms with van der Waals surface area (Å²) in [5.74, 6) is -0.401. The molecule has 0 aliphatic heterocycles. The van der Waals surface area contributed by atoms with Crippen LogP contribution in [0.1, 0.15) is 59.6 Å². The number of H-pyrrole nitrogens is 1. The summed E-state index contributed by atoms with van der Waals surface area (Å²) in [7, 11) is 0. The molecule has 4 aromatic rings. The molecule has 1 fully saturated rings. The Labute approximate surface area is 175 Å². The van der Waals surface area contributed by atoms with Gasteiger partial charge in [-0.15, -0.1) is 0 Å². The Morgan fingerprint density at radius 3 is 2.60 bits per heavy atom. The van der Waals surface area contributed by atoms with E-state index in [4.69, 9.17) is 0 Å². The molecule has 1 saturated carbocycles. The molecule has 0 radical (unpaired) electrons. The standard InChI is InChI=1S/C25H25N3O2/c29-25(30)19-11-12-21-22(13-19)28(15-20-14-26-16-27-20)24(18-9-5-2-6-10-18)23(21)17-7-3-1-4-8-17/h2,5-6,9-14,16-17H,1,3-4,7-8,15H2,(H,26,27)(H,29,30). The number of aromatic nitrogens is 3. The molecule has 1 aliphatic rings. The maximum absolute atomic E-state index is 11.7. The number of hydrogen-bond donors (Lipinski definition) is 2. The lowest BCUT2D eigenvalue weighted by Crippen LogP contribution is -2.08. The minimum absolute atomic E-state index is 0.320. The van der Waals surface area contributed by atoms with E-state index in [1.807, 2.05) is 24.4 Å². The zero-order chi connectivity index (χ0) is 20.5. The number of carboxylic acid groups (broad SMARTS) is 1. The quantitative estimate of drug-likeness (QED) is 0.444. The second-order valence-electron chi connectivity index (χ2n) is 8.16. The molecular formula is C25H25N3O2. The fourth-order valence-electron chi connectivity index (χ4n) is 4.93. The molecular weight excluding hydrogens is 374 g/mol. The van der Waals surface area contributed by atoms with Gasteiger partial charge in [0.15, 0.2) is 0 Å². The van der Waals surface area contributed by atoms with Crippen molar-refractivity contribution in [3.05, 3.63) is 77.9 Å². The van der Waals surface area contributed by atoms with Crippen LogP contribution in [0, 0.1) is 0 Å². The summed E-state index contributed by atoms with van der Waals surface area (Å²) >= 11 is 0. The Kier molecular flexibility index (Phi) is 4.87. The molecule has 5 rings (SSSR count). The van der Waals surface area contributed by atoms with Crippen LogP contribution in [0.15, 0.2) is 61.1 Å². The predicted molar refractivity (Wildman–Crippen MR) is 118 cm³/mol. The van der Waals surface area contributed by atoms with Crippen LogP contribution in [-0.4, -0.2) is 25.6 Å². The minimum Gasteiger partial charge on any atom is -0.478 e. The maximum Gasteiger partial charge on any atom is 0.335 e. The first kappa shape index (κ1) is 18.7. The van der Waals surface area contributed by atoms with Crippen molar-refractivity contribution in [3.63, 3.8) is 0 Å². The number of nitrogens with one attached hydrogen (secondary N) is 1. The largest absolute Gasteiger partial charge is 0.478 e. The van der Waals surface area contributed by atoms with Gasteiger partial charge in [-0.3, -0.25) is 0 Å². The zero-order valence-corrected chi connectivity index (χ0v) is 16.8. The van der Waals surface area contributed by atoms with Gasteiger partial charge in [-0.2, -0.15) is 0 Å². The van der Waals surface area contributed by atoms with Crippen molar-refractivity contribution in [3.8, 4) is 11.3 Å². The van der Waals surface area contributed by atoms with E-state index in [9.17, 15) is 9.90 Å². The lowest BCUT2D eigenvalue weighted by atomic mass is 9.82. The third-order valence-electron chi connectivity index (χ3n) is 6.29. The number of nitrogens with zero attached hydrogens (tertiary/aromatic N) is 2. The van der Waals surface area contributed by atoms with Gasteiger partial charge >= 0.3 is 5.97 Å². The number of benzene rings is 2. The topological polar surface area (TPSA) is 70.9 Å². The zero-order valence-electron chi connectivity index (χ0n) is 16.8. The van der Waals surface area contributed by atoms with Crippen LogP contribution in [0.2, 0.25) is 0 Å². The normalized spacial score (nSPS) is 14.9. The smallest absolute Gasteiger partial charge is 0.335 e. The van der Waals surface area contributed by atoms with Gasteiger partial charge in [0, 0.05) is 11.6 Å². The summed E-state index contributed by atoms with van der Waals surface area (Å²) in [6.45, 7) is 0.622. The number of imidazole rings is 1. The van der Waals surface area contributed by atoms with Crippen LogP contribution in [0.4, 0.5) is 0 Å². The number of carbonyl (C=O) groups is 1. The fraction of sp³-hybridized carbons (Fsp3) is 0.280. The lowest BCUT2D eigenvalue weighted by molar-refractivity contribution is 0.0697. The Bertz CT molecular complexity index is 1170. The van der Waals surface area contributed by atoms with Gasteiger partial charge in [0.2, 0.25) is 0 Å². The van der Waals surface area contributed by atoms with Gasteiger partial charge < -0.3 is 14.7 Å². The first-order chi connectivity index (χ1) is 14.7. The maximum atomic E-state index is 11.7. The van der Waals surface area contributed by atoms with E-state index in [-0.39, 0.29) is 0 Å². The van der Waals surface area contributed by atoms with Gasteiger partial charge in [-0.1, -0.05) is 55.7 Å². The molecule has 30 heavy (non-hydrogen) atoms. The first-order valence-corrected chi connectivity index (χ1v) is 10.6. The molecule has 152 valence electrons. The summed E-state index contributed by atoms with van der Waals surface area (Å²) < 4.78 is 2.27.